The summed E-state index contributed by atoms with van der Waals surface area (Å²) in [5.74, 6) is 1.97. The average molecular weight is 277 g/mol. The van der Waals surface area contributed by atoms with E-state index in [4.69, 9.17) is 9.47 Å². The van der Waals surface area contributed by atoms with Gasteiger partial charge in [0.1, 0.15) is 13.2 Å². The lowest BCUT2D eigenvalue weighted by Crippen LogP contribution is -2.31. The number of ether oxygens (including phenoxy) is 2. The Morgan fingerprint density at radius 3 is 2.50 bits per heavy atom. The normalized spacial score (nSPS) is 14.8. The van der Waals surface area contributed by atoms with E-state index < -0.39 is 0 Å². The Morgan fingerprint density at radius 1 is 1.20 bits per heavy atom. The maximum atomic E-state index is 12.1. The summed E-state index contributed by atoms with van der Waals surface area (Å²) in [5, 5.41) is 0. The molecule has 1 aromatic carbocycles. The van der Waals surface area contributed by atoms with E-state index in [2.05, 4.69) is 6.92 Å². The zero-order valence-corrected chi connectivity index (χ0v) is 12.5. The number of hydrogen-bond acceptors (Lipinski definition) is 3. The Kier molecular flexibility index (Phi) is 4.88. The molecule has 1 heterocycles. The van der Waals surface area contributed by atoms with Crippen LogP contribution in [0, 0.1) is 0 Å². The Balaban J connectivity index is 2.05. The molecule has 1 aliphatic rings. The number of rotatable bonds is 5. The summed E-state index contributed by atoms with van der Waals surface area (Å²) >= 11 is 0. The van der Waals surface area contributed by atoms with Crippen molar-refractivity contribution in [1.29, 1.82) is 0 Å². The van der Waals surface area contributed by atoms with Gasteiger partial charge in [-0.15, -0.1) is 0 Å². The molecule has 1 unspecified atom stereocenters. The first kappa shape index (κ1) is 14.7. The molecule has 4 nitrogen and oxygen atoms in total. The first-order valence-electron chi connectivity index (χ1n) is 7.33. The van der Waals surface area contributed by atoms with Gasteiger partial charge in [-0.25, -0.2) is 0 Å². The van der Waals surface area contributed by atoms with Crippen LogP contribution < -0.4 is 9.47 Å². The molecule has 1 atom stereocenters. The van der Waals surface area contributed by atoms with Gasteiger partial charge in [-0.1, -0.05) is 13.0 Å². The van der Waals surface area contributed by atoms with Crippen LogP contribution in [-0.4, -0.2) is 37.1 Å². The fourth-order valence-electron chi connectivity index (χ4n) is 2.45. The summed E-state index contributed by atoms with van der Waals surface area (Å²) in [6.07, 6.45) is 0.529. The lowest BCUT2D eigenvalue weighted by Gasteiger charge is -2.23. The summed E-state index contributed by atoms with van der Waals surface area (Å²) in [6, 6.07) is 5.95. The maximum Gasteiger partial charge on any atom is 0.223 e. The van der Waals surface area contributed by atoms with Gasteiger partial charge in [0.05, 0.1) is 0 Å². The maximum absolute atomic E-state index is 12.1. The van der Waals surface area contributed by atoms with Crippen LogP contribution in [-0.2, 0) is 4.79 Å². The van der Waals surface area contributed by atoms with Crippen molar-refractivity contribution >= 4 is 5.91 Å². The molecule has 0 spiro atoms. The molecule has 0 bridgehead atoms. The molecule has 0 radical (unpaired) electrons. The highest BCUT2D eigenvalue weighted by atomic mass is 16.6. The second-order valence-electron chi connectivity index (χ2n) is 5.07. The van der Waals surface area contributed by atoms with Crippen molar-refractivity contribution in [3.8, 4) is 11.5 Å². The topological polar surface area (TPSA) is 38.8 Å². The number of fused-ring (bicyclic) bond motifs is 1. The van der Waals surface area contributed by atoms with Gasteiger partial charge in [-0.05, 0) is 37.5 Å². The molecule has 0 saturated heterocycles. The van der Waals surface area contributed by atoms with E-state index in [1.165, 1.54) is 0 Å². The first-order valence-corrected chi connectivity index (χ1v) is 7.33. The summed E-state index contributed by atoms with van der Waals surface area (Å²) in [6.45, 7) is 8.82. The molecule has 20 heavy (non-hydrogen) atoms. The number of carbonyl (C=O) groups is 1. The van der Waals surface area contributed by atoms with Gasteiger partial charge >= 0.3 is 0 Å². The lowest BCUT2D eigenvalue weighted by atomic mass is 9.96. The quantitative estimate of drug-likeness (QED) is 0.830. The highest BCUT2D eigenvalue weighted by Gasteiger charge is 2.18. The van der Waals surface area contributed by atoms with Crippen LogP contribution in [0.3, 0.4) is 0 Å². The molecule has 1 amide bonds. The molecule has 0 fully saturated rings. The molecule has 0 N–H and O–H groups in total. The Labute approximate surface area is 120 Å². The van der Waals surface area contributed by atoms with E-state index in [9.17, 15) is 4.79 Å². The van der Waals surface area contributed by atoms with Crippen molar-refractivity contribution in [2.75, 3.05) is 26.3 Å². The summed E-state index contributed by atoms with van der Waals surface area (Å²) < 4.78 is 11.1. The largest absolute Gasteiger partial charge is 0.486 e. The van der Waals surface area contributed by atoms with Crippen molar-refractivity contribution in [2.45, 2.75) is 33.1 Å². The van der Waals surface area contributed by atoms with Crippen molar-refractivity contribution in [1.82, 2.24) is 4.90 Å². The molecule has 0 aliphatic carbocycles. The standard InChI is InChI=1S/C16H23NO3/c1-4-17(5-2)16(18)10-12(3)13-6-7-14-15(11-13)20-9-8-19-14/h6-7,11-12H,4-5,8-10H2,1-3H3. The van der Waals surface area contributed by atoms with Gasteiger partial charge in [0.2, 0.25) is 5.91 Å². The van der Waals surface area contributed by atoms with Crippen LogP contribution in [0.4, 0.5) is 0 Å². The third-order valence-electron chi connectivity index (χ3n) is 3.73. The minimum absolute atomic E-state index is 0.180. The molecule has 0 aromatic heterocycles. The second-order valence-corrected chi connectivity index (χ2v) is 5.07. The first-order chi connectivity index (χ1) is 9.65. The van der Waals surface area contributed by atoms with Crippen LogP contribution in [0.1, 0.15) is 38.7 Å². The van der Waals surface area contributed by atoms with Crippen molar-refractivity contribution in [3.63, 3.8) is 0 Å². The zero-order chi connectivity index (χ0) is 14.5. The van der Waals surface area contributed by atoms with Gasteiger partial charge in [0, 0.05) is 19.5 Å². The van der Waals surface area contributed by atoms with Crippen LogP contribution in [0.5, 0.6) is 11.5 Å². The average Bonchev–Trinajstić information content (AvgIpc) is 2.48. The van der Waals surface area contributed by atoms with E-state index in [-0.39, 0.29) is 11.8 Å². The summed E-state index contributed by atoms with van der Waals surface area (Å²) in [4.78, 5) is 14.0. The second kappa shape index (κ2) is 6.64. The fourth-order valence-corrected chi connectivity index (χ4v) is 2.45. The van der Waals surface area contributed by atoms with E-state index in [1.54, 1.807) is 0 Å². The molecule has 1 aromatic rings. The Morgan fingerprint density at radius 2 is 1.85 bits per heavy atom. The molecule has 110 valence electrons. The minimum Gasteiger partial charge on any atom is -0.486 e. The molecular formula is C16H23NO3. The number of nitrogens with zero attached hydrogens (tertiary/aromatic N) is 1. The lowest BCUT2D eigenvalue weighted by molar-refractivity contribution is -0.131. The third kappa shape index (κ3) is 3.24. The highest BCUT2D eigenvalue weighted by molar-refractivity contribution is 5.77. The zero-order valence-electron chi connectivity index (χ0n) is 12.5. The van der Waals surface area contributed by atoms with Crippen LogP contribution in [0.2, 0.25) is 0 Å². The number of hydrogen-bond donors (Lipinski definition) is 0. The molecule has 2 rings (SSSR count). The number of benzene rings is 1. The van der Waals surface area contributed by atoms with E-state index in [1.807, 2.05) is 36.9 Å². The third-order valence-corrected chi connectivity index (χ3v) is 3.73. The van der Waals surface area contributed by atoms with Crippen LogP contribution in [0.25, 0.3) is 0 Å². The van der Waals surface area contributed by atoms with E-state index in [0.29, 0.717) is 19.6 Å². The summed E-state index contributed by atoms with van der Waals surface area (Å²) in [5.41, 5.74) is 1.12. The van der Waals surface area contributed by atoms with Gasteiger partial charge in [0.25, 0.3) is 0 Å². The van der Waals surface area contributed by atoms with Gasteiger partial charge in [-0.3, -0.25) is 4.79 Å². The smallest absolute Gasteiger partial charge is 0.223 e. The number of carbonyl (C=O) groups excluding carboxylic acids is 1. The predicted molar refractivity (Wildman–Crippen MR) is 78.4 cm³/mol. The van der Waals surface area contributed by atoms with Gasteiger partial charge in [-0.2, -0.15) is 0 Å². The van der Waals surface area contributed by atoms with Crippen molar-refractivity contribution in [2.24, 2.45) is 0 Å². The Hall–Kier alpha value is -1.71. The van der Waals surface area contributed by atoms with E-state index >= 15 is 0 Å². The SMILES string of the molecule is CCN(CC)C(=O)CC(C)c1ccc2c(c1)OCCO2. The van der Waals surface area contributed by atoms with Crippen molar-refractivity contribution < 1.29 is 14.3 Å². The molecule has 1 aliphatic heterocycles. The Bertz CT molecular complexity index is 469. The fraction of sp³-hybridized carbons (Fsp3) is 0.562. The monoisotopic (exact) mass is 277 g/mol. The summed E-state index contributed by atoms with van der Waals surface area (Å²) in [7, 11) is 0. The van der Waals surface area contributed by atoms with Crippen LogP contribution >= 0.6 is 0 Å². The molecular weight excluding hydrogens is 254 g/mol. The molecule has 0 saturated carbocycles. The van der Waals surface area contributed by atoms with Crippen LogP contribution in [0.15, 0.2) is 18.2 Å². The van der Waals surface area contributed by atoms with Gasteiger partial charge in [0.15, 0.2) is 11.5 Å². The van der Waals surface area contributed by atoms with E-state index in [0.717, 1.165) is 30.2 Å². The van der Waals surface area contributed by atoms with Crippen molar-refractivity contribution in [3.05, 3.63) is 23.8 Å². The minimum atomic E-state index is 0.180. The molecule has 4 heteroatoms. The van der Waals surface area contributed by atoms with Gasteiger partial charge < -0.3 is 14.4 Å². The number of amides is 1. The predicted octanol–water partition coefficient (Wildman–Crippen LogP) is 2.82. The highest BCUT2D eigenvalue weighted by Crippen LogP contribution is 2.33.